The number of nitrogens with one attached hydrogen (secondary N) is 1. The minimum absolute atomic E-state index is 0.0201. The molecule has 1 saturated carbocycles. The van der Waals surface area contributed by atoms with Crippen LogP contribution in [0.25, 0.3) is 0 Å². The molecule has 0 aliphatic heterocycles. The van der Waals surface area contributed by atoms with Gasteiger partial charge in [-0.05, 0) is 52.9 Å². The molecule has 0 radical (unpaired) electrons. The number of carbonyl (C=O) groups is 3. The van der Waals surface area contributed by atoms with Crippen molar-refractivity contribution < 1.29 is 28.6 Å². The Morgan fingerprint density at radius 2 is 1.63 bits per heavy atom. The molecule has 1 amide bonds. The van der Waals surface area contributed by atoms with Crippen LogP contribution < -0.4 is 5.32 Å². The van der Waals surface area contributed by atoms with Gasteiger partial charge in [0, 0.05) is 6.42 Å². The van der Waals surface area contributed by atoms with Crippen molar-refractivity contribution in [3.63, 3.8) is 0 Å². The van der Waals surface area contributed by atoms with Gasteiger partial charge in [-0.2, -0.15) is 0 Å². The van der Waals surface area contributed by atoms with E-state index in [0.29, 0.717) is 13.0 Å². The lowest BCUT2D eigenvalue weighted by Gasteiger charge is -2.22. The third kappa shape index (κ3) is 16.1. The molecular formula is C20H37NO6. The third-order valence-corrected chi connectivity index (χ3v) is 3.68. The van der Waals surface area contributed by atoms with Gasteiger partial charge in [-0.25, -0.2) is 4.79 Å². The average Bonchev–Trinajstić information content (AvgIpc) is 2.60. The first-order valence-electron chi connectivity index (χ1n) is 9.99. The molecule has 1 rings (SSSR count). The molecular weight excluding hydrogens is 350 g/mol. The highest BCUT2D eigenvalue weighted by Crippen LogP contribution is 2.20. The van der Waals surface area contributed by atoms with Crippen LogP contribution in [0.5, 0.6) is 0 Å². The van der Waals surface area contributed by atoms with Crippen LogP contribution in [0.1, 0.15) is 86.0 Å². The van der Waals surface area contributed by atoms with E-state index in [9.17, 15) is 14.4 Å². The first-order chi connectivity index (χ1) is 12.7. The van der Waals surface area contributed by atoms with Crippen molar-refractivity contribution >= 4 is 18.0 Å². The Kier molecular flexibility index (Phi) is 13.3. The molecule has 1 fully saturated rings. The molecule has 0 unspecified atom stereocenters. The number of unbranched alkanes of at least 4 members (excludes halogenated alkanes) is 1. The first kappa shape index (κ1) is 25.2. The lowest BCUT2D eigenvalue weighted by atomic mass is 9.98. The highest BCUT2D eigenvalue weighted by atomic mass is 16.6. The fourth-order valence-corrected chi connectivity index (χ4v) is 2.30. The summed E-state index contributed by atoms with van der Waals surface area (Å²) in [5, 5.41) is 2.39. The van der Waals surface area contributed by atoms with Gasteiger partial charge in [-0.15, -0.1) is 0 Å². The fraction of sp³-hybridized carbons (Fsp3) is 0.850. The maximum Gasteiger partial charge on any atom is 0.408 e. The molecule has 0 heterocycles. The molecule has 158 valence electrons. The highest BCUT2D eigenvalue weighted by molar-refractivity contribution is 5.78. The van der Waals surface area contributed by atoms with Gasteiger partial charge in [0.15, 0.2) is 0 Å². The number of ether oxygens (including phenoxy) is 3. The van der Waals surface area contributed by atoms with Crippen molar-refractivity contribution in [2.75, 3.05) is 13.2 Å². The Bertz CT molecular complexity index is 438. The molecule has 27 heavy (non-hydrogen) atoms. The minimum Gasteiger partial charge on any atom is -0.466 e. The van der Waals surface area contributed by atoms with Crippen LogP contribution in [0.2, 0.25) is 0 Å². The van der Waals surface area contributed by atoms with Crippen LogP contribution in [0.4, 0.5) is 4.79 Å². The monoisotopic (exact) mass is 387 g/mol. The second kappa shape index (κ2) is 14.3. The van der Waals surface area contributed by atoms with E-state index in [4.69, 9.17) is 14.2 Å². The summed E-state index contributed by atoms with van der Waals surface area (Å²) < 4.78 is 15.1. The van der Waals surface area contributed by atoms with Gasteiger partial charge < -0.3 is 19.5 Å². The summed E-state index contributed by atoms with van der Waals surface area (Å²) >= 11 is 0. The molecule has 0 spiro atoms. The van der Waals surface area contributed by atoms with E-state index in [1.165, 1.54) is 6.42 Å². The van der Waals surface area contributed by atoms with E-state index in [0.717, 1.165) is 38.5 Å². The number of hydrogen-bond acceptors (Lipinski definition) is 6. The largest absolute Gasteiger partial charge is 0.466 e. The molecule has 1 aliphatic carbocycles. The van der Waals surface area contributed by atoms with Crippen molar-refractivity contribution in [1.29, 1.82) is 0 Å². The van der Waals surface area contributed by atoms with Crippen molar-refractivity contribution in [3.05, 3.63) is 0 Å². The molecule has 0 aromatic rings. The molecule has 1 aliphatic rings. The molecule has 7 heteroatoms. The Labute approximate surface area is 163 Å². The van der Waals surface area contributed by atoms with Gasteiger partial charge in [0.1, 0.15) is 18.2 Å². The quantitative estimate of drug-likeness (QED) is 0.401. The lowest BCUT2D eigenvalue weighted by molar-refractivity contribution is -0.149. The molecule has 0 aromatic carbocycles. The van der Waals surface area contributed by atoms with Gasteiger partial charge >= 0.3 is 18.0 Å². The number of amides is 1. The van der Waals surface area contributed by atoms with Crippen LogP contribution in [-0.2, 0) is 23.8 Å². The zero-order valence-corrected chi connectivity index (χ0v) is 17.6. The average molecular weight is 388 g/mol. The van der Waals surface area contributed by atoms with Crippen LogP contribution in [-0.4, -0.2) is 42.9 Å². The van der Waals surface area contributed by atoms with Gasteiger partial charge in [0.2, 0.25) is 0 Å². The summed E-state index contributed by atoms with van der Waals surface area (Å²) in [5.74, 6) is -0.490. The van der Waals surface area contributed by atoms with Gasteiger partial charge in [-0.1, -0.05) is 26.7 Å². The van der Waals surface area contributed by atoms with E-state index in [1.54, 1.807) is 27.7 Å². The number of carbonyl (C=O) groups excluding carboxylic acids is 3. The predicted octanol–water partition coefficient (Wildman–Crippen LogP) is 4.13. The summed E-state index contributed by atoms with van der Waals surface area (Å²) in [4.78, 5) is 33.3. The first-order valence-corrected chi connectivity index (χ1v) is 9.99. The van der Waals surface area contributed by atoms with Crippen molar-refractivity contribution in [2.24, 2.45) is 0 Å². The smallest absolute Gasteiger partial charge is 0.408 e. The van der Waals surface area contributed by atoms with E-state index < -0.39 is 17.7 Å². The Balaban J connectivity index is 0.000000636. The van der Waals surface area contributed by atoms with Gasteiger partial charge in [0.05, 0.1) is 6.61 Å². The predicted molar refractivity (Wildman–Crippen MR) is 103 cm³/mol. The van der Waals surface area contributed by atoms with Crippen molar-refractivity contribution in [2.45, 2.75) is 97.7 Å². The van der Waals surface area contributed by atoms with Crippen LogP contribution in [0, 0.1) is 0 Å². The Hall–Kier alpha value is -1.79. The number of hydrogen-bond donors (Lipinski definition) is 1. The molecule has 0 aromatic heterocycles. The molecule has 0 saturated heterocycles. The normalized spacial score (nSPS) is 14.4. The third-order valence-electron chi connectivity index (χ3n) is 3.68. The number of alkyl carbamates (subject to hydrolysis) is 1. The zero-order valence-electron chi connectivity index (χ0n) is 17.6. The summed E-state index contributed by atoms with van der Waals surface area (Å²) in [5.41, 5.74) is -0.558. The Morgan fingerprint density at radius 1 is 1.00 bits per heavy atom. The second-order valence-corrected chi connectivity index (χ2v) is 7.53. The number of rotatable bonds is 7. The summed E-state index contributed by atoms with van der Waals surface area (Å²) in [7, 11) is 0. The van der Waals surface area contributed by atoms with Crippen LogP contribution in [0.3, 0.4) is 0 Å². The molecule has 0 atom stereocenters. The maximum absolute atomic E-state index is 11.5. The van der Waals surface area contributed by atoms with Gasteiger partial charge in [0.25, 0.3) is 0 Å². The summed E-state index contributed by atoms with van der Waals surface area (Å²) in [6.07, 6.45) is 7.26. The van der Waals surface area contributed by atoms with E-state index in [2.05, 4.69) is 12.2 Å². The van der Waals surface area contributed by atoms with Crippen molar-refractivity contribution in [1.82, 2.24) is 5.32 Å². The van der Waals surface area contributed by atoms with E-state index >= 15 is 0 Å². The highest BCUT2D eigenvalue weighted by Gasteiger charge is 2.20. The minimum atomic E-state index is -0.594. The van der Waals surface area contributed by atoms with Crippen LogP contribution in [0.15, 0.2) is 0 Å². The molecule has 0 bridgehead atoms. The van der Waals surface area contributed by atoms with Crippen molar-refractivity contribution in [3.8, 4) is 0 Å². The maximum atomic E-state index is 11.5. The van der Waals surface area contributed by atoms with Gasteiger partial charge in [-0.3, -0.25) is 9.59 Å². The second-order valence-electron chi connectivity index (χ2n) is 7.53. The summed E-state index contributed by atoms with van der Waals surface area (Å²) in [6.45, 7) is 9.63. The standard InChI is InChI=1S/C13H23NO4.C7H14O2/c1-13(2,3)18-12(16)14-9-11(15)17-10-7-5-4-6-8-10;1-3-5-6-9-7(8)4-2/h10H,4-9H2,1-3H3,(H,14,16);3-6H2,1-2H3. The van der Waals surface area contributed by atoms with Crippen LogP contribution >= 0.6 is 0 Å². The lowest BCUT2D eigenvalue weighted by Crippen LogP contribution is -2.37. The Morgan fingerprint density at radius 3 is 2.15 bits per heavy atom. The van der Waals surface area contributed by atoms with E-state index in [-0.39, 0.29) is 18.6 Å². The molecule has 1 N–H and O–H groups in total. The van der Waals surface area contributed by atoms with E-state index in [1.807, 2.05) is 0 Å². The SMILES string of the molecule is CC(C)(C)OC(=O)NCC(=O)OC1CCCCC1.CCCCOC(=O)CC. The number of esters is 2. The molecule has 7 nitrogen and oxygen atoms in total. The zero-order chi connectivity index (χ0) is 20.7. The fourth-order valence-electron chi connectivity index (χ4n) is 2.30. The summed E-state index contributed by atoms with van der Waals surface area (Å²) in [6, 6.07) is 0. The topological polar surface area (TPSA) is 90.9 Å².